The zero-order valence-electron chi connectivity index (χ0n) is 10.7. The SMILES string of the molecule is Cc1cc(-c2ccoc2CNC2CC2)c(F)cc1F. The summed E-state index contributed by atoms with van der Waals surface area (Å²) < 4.78 is 32.6. The van der Waals surface area contributed by atoms with E-state index in [-0.39, 0.29) is 0 Å². The fourth-order valence-corrected chi connectivity index (χ4v) is 2.11. The van der Waals surface area contributed by atoms with Crippen molar-refractivity contribution in [3.05, 3.63) is 47.4 Å². The predicted octanol–water partition coefficient (Wildman–Crippen LogP) is 3.79. The molecule has 1 aliphatic carbocycles. The Kier molecular flexibility index (Phi) is 3.11. The van der Waals surface area contributed by atoms with Gasteiger partial charge in [0.2, 0.25) is 0 Å². The number of rotatable bonds is 4. The second-order valence-corrected chi connectivity index (χ2v) is 4.99. The normalized spacial score (nSPS) is 14.9. The zero-order chi connectivity index (χ0) is 13.4. The van der Waals surface area contributed by atoms with Crippen molar-refractivity contribution in [2.24, 2.45) is 0 Å². The Morgan fingerprint density at radius 1 is 1.21 bits per heavy atom. The topological polar surface area (TPSA) is 25.2 Å². The third kappa shape index (κ3) is 2.54. The summed E-state index contributed by atoms with van der Waals surface area (Å²) >= 11 is 0. The lowest BCUT2D eigenvalue weighted by Gasteiger charge is -2.07. The number of aryl methyl sites for hydroxylation is 1. The molecule has 1 aromatic heterocycles. The Hall–Kier alpha value is -1.68. The molecule has 3 rings (SSSR count). The third-order valence-electron chi connectivity index (χ3n) is 3.41. The van der Waals surface area contributed by atoms with Crippen LogP contribution < -0.4 is 5.32 Å². The van der Waals surface area contributed by atoms with Gasteiger partial charge in [0.1, 0.15) is 17.4 Å². The van der Waals surface area contributed by atoms with Crippen LogP contribution in [0.15, 0.2) is 28.9 Å². The van der Waals surface area contributed by atoms with Gasteiger partial charge in [0, 0.05) is 23.2 Å². The van der Waals surface area contributed by atoms with Crippen LogP contribution >= 0.6 is 0 Å². The molecule has 1 fully saturated rings. The number of halogens is 2. The van der Waals surface area contributed by atoms with Crippen LogP contribution in [0.25, 0.3) is 11.1 Å². The van der Waals surface area contributed by atoms with Crippen molar-refractivity contribution in [2.75, 3.05) is 0 Å². The molecule has 0 saturated heterocycles. The maximum atomic E-state index is 13.9. The van der Waals surface area contributed by atoms with Gasteiger partial charge in [0.25, 0.3) is 0 Å². The van der Waals surface area contributed by atoms with Crippen molar-refractivity contribution in [3.8, 4) is 11.1 Å². The van der Waals surface area contributed by atoms with Crippen LogP contribution in [0.1, 0.15) is 24.2 Å². The summed E-state index contributed by atoms with van der Waals surface area (Å²) in [6.45, 7) is 2.20. The van der Waals surface area contributed by atoms with Gasteiger partial charge in [-0.3, -0.25) is 0 Å². The molecule has 100 valence electrons. The molecule has 1 aromatic carbocycles. The van der Waals surface area contributed by atoms with E-state index in [1.807, 2.05) is 0 Å². The van der Waals surface area contributed by atoms with Crippen molar-refractivity contribution in [1.29, 1.82) is 0 Å². The second kappa shape index (κ2) is 4.78. The molecule has 2 aromatic rings. The summed E-state index contributed by atoms with van der Waals surface area (Å²) in [7, 11) is 0. The number of nitrogens with one attached hydrogen (secondary N) is 1. The van der Waals surface area contributed by atoms with Crippen molar-refractivity contribution in [3.63, 3.8) is 0 Å². The van der Waals surface area contributed by atoms with E-state index in [2.05, 4.69) is 5.32 Å². The first-order valence-corrected chi connectivity index (χ1v) is 6.41. The third-order valence-corrected chi connectivity index (χ3v) is 3.41. The van der Waals surface area contributed by atoms with E-state index in [0.717, 1.165) is 6.07 Å². The van der Waals surface area contributed by atoms with E-state index in [4.69, 9.17) is 4.42 Å². The number of benzene rings is 1. The highest BCUT2D eigenvalue weighted by atomic mass is 19.1. The van der Waals surface area contributed by atoms with E-state index in [9.17, 15) is 8.78 Å². The minimum Gasteiger partial charge on any atom is -0.467 e. The van der Waals surface area contributed by atoms with Crippen LogP contribution in [-0.4, -0.2) is 6.04 Å². The lowest BCUT2D eigenvalue weighted by molar-refractivity contribution is 0.483. The molecule has 2 nitrogen and oxygen atoms in total. The van der Waals surface area contributed by atoms with Gasteiger partial charge in [-0.1, -0.05) is 0 Å². The summed E-state index contributed by atoms with van der Waals surface area (Å²) in [5.74, 6) is -0.392. The van der Waals surface area contributed by atoms with E-state index in [1.54, 1.807) is 13.0 Å². The fraction of sp³-hybridized carbons (Fsp3) is 0.333. The summed E-state index contributed by atoms with van der Waals surface area (Å²) in [5, 5.41) is 3.32. The van der Waals surface area contributed by atoms with Crippen LogP contribution in [-0.2, 0) is 6.54 Å². The van der Waals surface area contributed by atoms with Crippen LogP contribution in [0.2, 0.25) is 0 Å². The highest BCUT2D eigenvalue weighted by Gasteiger charge is 2.22. The summed E-state index contributed by atoms with van der Waals surface area (Å²) in [4.78, 5) is 0. The molecule has 0 aliphatic heterocycles. The second-order valence-electron chi connectivity index (χ2n) is 4.99. The van der Waals surface area contributed by atoms with Gasteiger partial charge in [0.15, 0.2) is 0 Å². The predicted molar refractivity (Wildman–Crippen MR) is 68.7 cm³/mol. The monoisotopic (exact) mass is 263 g/mol. The Morgan fingerprint density at radius 3 is 2.74 bits per heavy atom. The summed E-state index contributed by atoms with van der Waals surface area (Å²) in [6, 6.07) is 4.73. The first-order chi connectivity index (χ1) is 9.15. The van der Waals surface area contributed by atoms with Gasteiger partial charge < -0.3 is 9.73 Å². The van der Waals surface area contributed by atoms with Crippen molar-refractivity contribution < 1.29 is 13.2 Å². The highest BCUT2D eigenvalue weighted by Crippen LogP contribution is 2.30. The van der Waals surface area contributed by atoms with E-state index in [0.29, 0.717) is 35.0 Å². The molecule has 1 aliphatic rings. The Labute approximate surface area is 110 Å². The van der Waals surface area contributed by atoms with Gasteiger partial charge >= 0.3 is 0 Å². The molecule has 0 radical (unpaired) electrons. The first-order valence-electron chi connectivity index (χ1n) is 6.41. The van der Waals surface area contributed by atoms with E-state index in [1.165, 1.54) is 25.2 Å². The molecule has 1 N–H and O–H groups in total. The molecule has 19 heavy (non-hydrogen) atoms. The summed E-state index contributed by atoms with van der Waals surface area (Å²) in [6.07, 6.45) is 3.90. The molecule has 1 heterocycles. The van der Waals surface area contributed by atoms with Crippen LogP contribution in [0.4, 0.5) is 8.78 Å². The maximum Gasteiger partial charge on any atom is 0.134 e. The van der Waals surface area contributed by atoms with Crippen molar-refractivity contribution in [1.82, 2.24) is 5.32 Å². The molecular formula is C15H15F2NO. The average molecular weight is 263 g/mol. The van der Waals surface area contributed by atoms with Gasteiger partial charge in [-0.25, -0.2) is 8.78 Å². The molecule has 0 amide bonds. The minimum atomic E-state index is -0.558. The average Bonchev–Trinajstić information content (AvgIpc) is 3.09. The Morgan fingerprint density at radius 2 is 2.00 bits per heavy atom. The van der Waals surface area contributed by atoms with E-state index >= 15 is 0 Å². The van der Waals surface area contributed by atoms with Crippen LogP contribution in [0.5, 0.6) is 0 Å². The molecule has 0 bridgehead atoms. The Bertz CT molecular complexity index is 602. The van der Waals surface area contributed by atoms with Gasteiger partial charge in [-0.15, -0.1) is 0 Å². The zero-order valence-corrected chi connectivity index (χ0v) is 10.7. The number of hydrogen-bond acceptors (Lipinski definition) is 2. The first kappa shape index (κ1) is 12.4. The quantitative estimate of drug-likeness (QED) is 0.908. The highest BCUT2D eigenvalue weighted by molar-refractivity contribution is 5.67. The standard InChI is InChI=1S/C15H15F2NO/c1-9-6-12(14(17)7-13(9)16)11-4-5-19-15(11)8-18-10-2-3-10/h4-7,10,18H,2-3,8H2,1H3. The molecule has 0 atom stereocenters. The molecule has 0 unspecified atom stereocenters. The lowest BCUT2D eigenvalue weighted by Crippen LogP contribution is -2.15. The largest absolute Gasteiger partial charge is 0.467 e. The Balaban J connectivity index is 1.92. The maximum absolute atomic E-state index is 13.9. The van der Waals surface area contributed by atoms with Crippen LogP contribution in [0, 0.1) is 18.6 Å². The number of hydrogen-bond donors (Lipinski definition) is 1. The molecular weight excluding hydrogens is 248 g/mol. The van der Waals surface area contributed by atoms with Gasteiger partial charge in [-0.2, -0.15) is 0 Å². The van der Waals surface area contributed by atoms with Crippen molar-refractivity contribution in [2.45, 2.75) is 32.4 Å². The minimum absolute atomic E-state index is 0.389. The lowest BCUT2D eigenvalue weighted by atomic mass is 10.0. The summed E-state index contributed by atoms with van der Waals surface area (Å²) in [5.41, 5.74) is 1.51. The van der Waals surface area contributed by atoms with Gasteiger partial charge in [0.05, 0.1) is 12.8 Å². The van der Waals surface area contributed by atoms with E-state index < -0.39 is 11.6 Å². The molecule has 0 spiro atoms. The van der Waals surface area contributed by atoms with Gasteiger partial charge in [-0.05, 0) is 37.5 Å². The molecule has 4 heteroatoms. The van der Waals surface area contributed by atoms with Crippen molar-refractivity contribution >= 4 is 0 Å². The fourth-order valence-electron chi connectivity index (χ4n) is 2.11. The molecule has 1 saturated carbocycles. The smallest absolute Gasteiger partial charge is 0.134 e. The number of furan rings is 1. The van der Waals surface area contributed by atoms with Crippen LogP contribution in [0.3, 0.4) is 0 Å².